The smallest absolute Gasteiger partial charge is 0.193 e. The van der Waals surface area contributed by atoms with Crippen LogP contribution >= 0.6 is 24.0 Å². The van der Waals surface area contributed by atoms with Crippen LogP contribution in [-0.2, 0) is 4.74 Å². The van der Waals surface area contributed by atoms with Crippen molar-refractivity contribution >= 4 is 29.9 Å². The first-order chi connectivity index (χ1) is 12.2. The normalized spacial score (nSPS) is 22.8. The maximum absolute atomic E-state index is 6.05. The van der Waals surface area contributed by atoms with Crippen LogP contribution in [0.4, 0.5) is 0 Å². The highest BCUT2D eigenvalue weighted by atomic mass is 127. The average Bonchev–Trinajstić information content (AvgIpc) is 2.64. The monoisotopic (exact) mass is 472 g/mol. The Kier molecular flexibility index (Phi) is 8.63. The fraction of sp³-hybridized carbons (Fsp3) is 0.650. The summed E-state index contributed by atoms with van der Waals surface area (Å²) < 4.78 is 6.05. The number of hydrogen-bond acceptors (Lipinski definition) is 3. The molecule has 0 aromatic heterocycles. The molecule has 0 saturated carbocycles. The first-order valence-corrected chi connectivity index (χ1v) is 9.48. The molecule has 5 nitrogen and oxygen atoms in total. The Hall–Kier alpha value is -0.860. The first kappa shape index (κ1) is 21.4. The van der Waals surface area contributed by atoms with E-state index in [0.717, 1.165) is 38.1 Å². The zero-order valence-electron chi connectivity index (χ0n) is 16.3. The molecule has 146 valence electrons. The Labute approximate surface area is 175 Å². The summed E-state index contributed by atoms with van der Waals surface area (Å²) >= 11 is 0. The summed E-state index contributed by atoms with van der Waals surface area (Å²) in [7, 11) is 4.09. The molecule has 1 N–H and O–H groups in total. The molecular weight excluding hydrogens is 439 g/mol. The zero-order chi connectivity index (χ0) is 17.6. The van der Waals surface area contributed by atoms with Crippen LogP contribution in [0.15, 0.2) is 29.3 Å². The molecule has 2 fully saturated rings. The number of nitrogens with zero attached hydrogens (tertiary/aromatic N) is 3. The van der Waals surface area contributed by atoms with Crippen LogP contribution in [0.3, 0.4) is 0 Å². The lowest BCUT2D eigenvalue weighted by molar-refractivity contribution is -0.00840. The number of morpholine rings is 1. The second-order valence-electron chi connectivity index (χ2n) is 7.34. The van der Waals surface area contributed by atoms with Crippen molar-refractivity contribution in [3.63, 3.8) is 0 Å². The van der Waals surface area contributed by atoms with Gasteiger partial charge in [0, 0.05) is 20.1 Å². The minimum absolute atomic E-state index is 0. The van der Waals surface area contributed by atoms with Crippen molar-refractivity contribution in [1.29, 1.82) is 0 Å². The number of aliphatic imine (C=N–C) groups is 1. The van der Waals surface area contributed by atoms with Gasteiger partial charge in [-0.15, -0.1) is 24.0 Å². The highest BCUT2D eigenvalue weighted by molar-refractivity contribution is 14.0. The Morgan fingerprint density at radius 3 is 2.65 bits per heavy atom. The molecule has 0 amide bonds. The van der Waals surface area contributed by atoms with E-state index in [2.05, 4.69) is 58.3 Å². The van der Waals surface area contributed by atoms with Gasteiger partial charge < -0.3 is 19.9 Å². The molecule has 2 heterocycles. The van der Waals surface area contributed by atoms with E-state index in [1.165, 1.54) is 37.1 Å². The van der Waals surface area contributed by atoms with Crippen LogP contribution in [0, 0.1) is 12.8 Å². The molecule has 1 atom stereocenters. The van der Waals surface area contributed by atoms with Crippen LogP contribution in [0.2, 0.25) is 0 Å². The van der Waals surface area contributed by atoms with Crippen molar-refractivity contribution in [1.82, 2.24) is 15.1 Å². The molecule has 1 unspecified atom stereocenters. The van der Waals surface area contributed by atoms with Crippen molar-refractivity contribution in [2.75, 3.05) is 53.4 Å². The third kappa shape index (κ3) is 5.57. The molecule has 0 radical (unpaired) electrons. The molecular formula is C20H33IN4O. The number of halogens is 1. The molecule has 2 aliphatic rings. The lowest BCUT2D eigenvalue weighted by Gasteiger charge is -2.36. The number of rotatable bonds is 3. The number of benzene rings is 1. The highest BCUT2D eigenvalue weighted by Gasteiger charge is 2.25. The van der Waals surface area contributed by atoms with E-state index in [4.69, 9.17) is 4.74 Å². The summed E-state index contributed by atoms with van der Waals surface area (Å²) in [5, 5.41) is 3.61. The minimum Gasteiger partial charge on any atom is -0.370 e. The zero-order valence-corrected chi connectivity index (χ0v) is 18.6. The summed E-state index contributed by atoms with van der Waals surface area (Å²) in [5.41, 5.74) is 2.58. The third-order valence-corrected chi connectivity index (χ3v) is 5.50. The van der Waals surface area contributed by atoms with Gasteiger partial charge >= 0.3 is 0 Å². The minimum atomic E-state index is 0. The number of nitrogens with one attached hydrogen (secondary N) is 1. The van der Waals surface area contributed by atoms with Crippen molar-refractivity contribution in [2.24, 2.45) is 10.9 Å². The molecule has 0 spiro atoms. The molecule has 6 heteroatoms. The van der Waals surface area contributed by atoms with Gasteiger partial charge in [-0.1, -0.05) is 24.3 Å². The van der Waals surface area contributed by atoms with Crippen LogP contribution in [-0.4, -0.2) is 69.2 Å². The van der Waals surface area contributed by atoms with Gasteiger partial charge in [0.2, 0.25) is 0 Å². The van der Waals surface area contributed by atoms with E-state index >= 15 is 0 Å². The predicted octanol–water partition coefficient (Wildman–Crippen LogP) is 2.90. The van der Waals surface area contributed by atoms with E-state index in [9.17, 15) is 0 Å². The topological polar surface area (TPSA) is 40.1 Å². The number of piperidine rings is 1. The summed E-state index contributed by atoms with van der Waals surface area (Å²) in [6.07, 6.45) is 2.67. The van der Waals surface area contributed by atoms with Crippen molar-refractivity contribution in [3.8, 4) is 0 Å². The maximum Gasteiger partial charge on any atom is 0.193 e. The van der Waals surface area contributed by atoms with Gasteiger partial charge in [-0.25, -0.2) is 0 Å². The number of aryl methyl sites for hydroxylation is 1. The Balaban J connectivity index is 0.00000243. The fourth-order valence-corrected chi connectivity index (χ4v) is 3.81. The molecule has 0 bridgehead atoms. The van der Waals surface area contributed by atoms with Crippen molar-refractivity contribution in [3.05, 3.63) is 35.4 Å². The number of ether oxygens (including phenoxy) is 1. The fourth-order valence-electron chi connectivity index (χ4n) is 3.81. The average molecular weight is 472 g/mol. The molecule has 3 rings (SSSR count). The molecule has 2 aliphatic heterocycles. The van der Waals surface area contributed by atoms with E-state index in [0.29, 0.717) is 0 Å². The largest absolute Gasteiger partial charge is 0.370 e. The van der Waals surface area contributed by atoms with Crippen LogP contribution in [0.1, 0.15) is 30.1 Å². The van der Waals surface area contributed by atoms with Crippen LogP contribution in [0.25, 0.3) is 0 Å². The van der Waals surface area contributed by atoms with Gasteiger partial charge in [-0.05, 0) is 56.9 Å². The second kappa shape index (κ2) is 10.5. The van der Waals surface area contributed by atoms with Crippen molar-refractivity contribution < 1.29 is 4.74 Å². The Morgan fingerprint density at radius 2 is 1.96 bits per heavy atom. The standard InChI is InChI=1S/C20H32N4O.HI/c1-16-6-4-5-7-18(16)19-15-24(12-13-25-19)20(21-2)22-14-17-8-10-23(3)11-9-17;/h4-7,17,19H,8-15H2,1-3H3,(H,21,22);1H. The summed E-state index contributed by atoms with van der Waals surface area (Å²) in [5.74, 6) is 1.77. The molecule has 1 aromatic rings. The van der Waals surface area contributed by atoms with Gasteiger partial charge in [0.15, 0.2) is 5.96 Å². The first-order valence-electron chi connectivity index (χ1n) is 9.48. The molecule has 1 aromatic carbocycles. The molecule has 26 heavy (non-hydrogen) atoms. The number of likely N-dealkylation sites (tertiary alicyclic amines) is 1. The maximum atomic E-state index is 6.05. The molecule has 0 aliphatic carbocycles. The van der Waals surface area contributed by atoms with Gasteiger partial charge in [-0.2, -0.15) is 0 Å². The number of hydrogen-bond donors (Lipinski definition) is 1. The number of guanidine groups is 1. The Bertz CT molecular complexity index is 587. The lowest BCUT2D eigenvalue weighted by Crippen LogP contribution is -2.49. The van der Waals surface area contributed by atoms with E-state index in [1.54, 1.807) is 0 Å². The molecule has 2 saturated heterocycles. The predicted molar refractivity (Wildman–Crippen MR) is 118 cm³/mol. The summed E-state index contributed by atoms with van der Waals surface area (Å²) in [6, 6.07) is 8.52. The van der Waals surface area contributed by atoms with Crippen molar-refractivity contribution in [2.45, 2.75) is 25.9 Å². The van der Waals surface area contributed by atoms with Gasteiger partial charge in [0.05, 0.1) is 13.2 Å². The van der Waals surface area contributed by atoms with E-state index in [-0.39, 0.29) is 30.1 Å². The summed E-state index contributed by atoms with van der Waals surface area (Å²) in [4.78, 5) is 9.29. The second-order valence-corrected chi connectivity index (χ2v) is 7.34. The van der Waals surface area contributed by atoms with Gasteiger partial charge in [-0.3, -0.25) is 4.99 Å². The van der Waals surface area contributed by atoms with E-state index in [1.807, 2.05) is 7.05 Å². The SMILES string of the molecule is CN=C(NCC1CCN(C)CC1)N1CCOC(c2ccccc2C)C1.I. The lowest BCUT2D eigenvalue weighted by atomic mass is 9.97. The van der Waals surface area contributed by atoms with E-state index < -0.39 is 0 Å². The third-order valence-electron chi connectivity index (χ3n) is 5.50. The van der Waals surface area contributed by atoms with Crippen LogP contribution < -0.4 is 5.32 Å². The van der Waals surface area contributed by atoms with Gasteiger partial charge in [0.1, 0.15) is 6.10 Å². The van der Waals surface area contributed by atoms with Crippen LogP contribution in [0.5, 0.6) is 0 Å². The Morgan fingerprint density at radius 1 is 1.23 bits per heavy atom. The quantitative estimate of drug-likeness (QED) is 0.418. The van der Waals surface area contributed by atoms with Gasteiger partial charge in [0.25, 0.3) is 0 Å². The highest BCUT2D eigenvalue weighted by Crippen LogP contribution is 2.25. The summed E-state index contributed by atoms with van der Waals surface area (Å²) in [6.45, 7) is 8.09.